The highest BCUT2D eigenvalue weighted by molar-refractivity contribution is 7.10. The molecule has 4 rings (SSSR count). The second-order valence-electron chi connectivity index (χ2n) is 5.06. The highest BCUT2D eigenvalue weighted by Gasteiger charge is 2.28. The average Bonchev–Trinajstić information content (AvgIpc) is 3.14. The van der Waals surface area contributed by atoms with Gasteiger partial charge in [0.05, 0.1) is 0 Å². The highest BCUT2D eigenvalue weighted by Crippen LogP contribution is 2.38. The molecule has 0 unspecified atom stereocenters. The van der Waals surface area contributed by atoms with Crippen LogP contribution >= 0.6 is 11.3 Å². The third kappa shape index (κ3) is 2.12. The van der Waals surface area contributed by atoms with Gasteiger partial charge in [-0.05, 0) is 48.6 Å². The first-order chi connectivity index (χ1) is 10.7. The Bertz CT molecular complexity index is 851. The quantitative estimate of drug-likeness (QED) is 0.780. The fourth-order valence-corrected chi connectivity index (χ4v) is 3.51. The lowest BCUT2D eigenvalue weighted by Gasteiger charge is -2.10. The smallest absolute Gasteiger partial charge is 0.278 e. The van der Waals surface area contributed by atoms with Crippen molar-refractivity contribution in [2.75, 3.05) is 5.32 Å². The number of hydrogen-bond donors (Lipinski definition) is 1. The Morgan fingerprint density at radius 3 is 2.86 bits per heavy atom. The summed E-state index contributed by atoms with van der Waals surface area (Å²) in [5.41, 5.74) is 2.69. The van der Waals surface area contributed by atoms with Crippen molar-refractivity contribution >= 4 is 22.9 Å². The number of nitrogens with zero attached hydrogens (tertiary/aromatic N) is 1. The van der Waals surface area contributed by atoms with Crippen LogP contribution in [0.3, 0.4) is 0 Å². The SMILES string of the molecule is O=C(Nc1ccc(F)cc1)c1noc2c1CCc1sccc1-2. The van der Waals surface area contributed by atoms with Crippen LogP contribution in [0.25, 0.3) is 11.3 Å². The molecule has 4 nitrogen and oxygen atoms in total. The maximum Gasteiger partial charge on any atom is 0.278 e. The third-order valence-electron chi connectivity index (χ3n) is 3.70. The summed E-state index contributed by atoms with van der Waals surface area (Å²) in [6, 6.07) is 7.61. The first-order valence-corrected chi connectivity index (χ1v) is 7.72. The molecule has 1 N–H and O–H groups in total. The Balaban J connectivity index is 1.64. The monoisotopic (exact) mass is 314 g/mol. The van der Waals surface area contributed by atoms with Gasteiger partial charge in [-0.1, -0.05) is 5.16 Å². The van der Waals surface area contributed by atoms with Crippen molar-refractivity contribution in [3.8, 4) is 11.3 Å². The van der Waals surface area contributed by atoms with Crippen LogP contribution in [0.1, 0.15) is 20.9 Å². The summed E-state index contributed by atoms with van der Waals surface area (Å²) >= 11 is 1.69. The van der Waals surface area contributed by atoms with Gasteiger partial charge in [-0.3, -0.25) is 4.79 Å². The second-order valence-corrected chi connectivity index (χ2v) is 6.06. The van der Waals surface area contributed by atoms with Gasteiger partial charge in [-0.25, -0.2) is 4.39 Å². The number of aromatic nitrogens is 1. The van der Waals surface area contributed by atoms with Crippen molar-refractivity contribution in [3.05, 3.63) is 57.7 Å². The Hall–Kier alpha value is -2.47. The molecular formula is C16H11FN2O2S. The lowest BCUT2D eigenvalue weighted by molar-refractivity contribution is 0.101. The molecule has 1 aromatic carbocycles. The van der Waals surface area contributed by atoms with Crippen molar-refractivity contribution in [1.29, 1.82) is 0 Å². The number of amides is 1. The summed E-state index contributed by atoms with van der Waals surface area (Å²) in [4.78, 5) is 13.6. The first kappa shape index (κ1) is 13.2. The summed E-state index contributed by atoms with van der Waals surface area (Å²) in [5, 5.41) is 8.66. The number of fused-ring (bicyclic) bond motifs is 3. The van der Waals surface area contributed by atoms with Gasteiger partial charge < -0.3 is 9.84 Å². The second kappa shape index (κ2) is 5.06. The van der Waals surface area contributed by atoms with E-state index in [1.54, 1.807) is 11.3 Å². The van der Waals surface area contributed by atoms with Gasteiger partial charge in [0.1, 0.15) is 5.82 Å². The Morgan fingerprint density at radius 2 is 2.05 bits per heavy atom. The molecule has 22 heavy (non-hydrogen) atoms. The molecule has 0 aliphatic heterocycles. The summed E-state index contributed by atoms with van der Waals surface area (Å²) in [6.45, 7) is 0. The number of thiophene rings is 1. The molecule has 1 aliphatic rings. The van der Waals surface area contributed by atoms with Crippen LogP contribution in [0.5, 0.6) is 0 Å². The first-order valence-electron chi connectivity index (χ1n) is 6.84. The highest BCUT2D eigenvalue weighted by atomic mass is 32.1. The van der Waals surface area contributed by atoms with Crippen LogP contribution in [0, 0.1) is 5.82 Å². The minimum atomic E-state index is -0.346. The van der Waals surface area contributed by atoms with Crippen molar-refractivity contribution in [2.45, 2.75) is 12.8 Å². The van der Waals surface area contributed by atoms with Crippen molar-refractivity contribution in [3.63, 3.8) is 0 Å². The van der Waals surface area contributed by atoms with E-state index < -0.39 is 0 Å². The third-order valence-corrected chi connectivity index (χ3v) is 4.68. The molecule has 3 aromatic rings. The topological polar surface area (TPSA) is 55.1 Å². The summed E-state index contributed by atoms with van der Waals surface area (Å²) in [5.74, 6) is 0.00356. The van der Waals surface area contributed by atoms with E-state index in [2.05, 4.69) is 10.5 Å². The van der Waals surface area contributed by atoms with Crippen molar-refractivity contribution < 1.29 is 13.7 Å². The van der Waals surface area contributed by atoms with Gasteiger partial charge in [0.2, 0.25) is 0 Å². The molecule has 2 aromatic heterocycles. The number of halogens is 1. The van der Waals surface area contributed by atoms with Gasteiger partial charge in [-0.2, -0.15) is 0 Å². The molecule has 0 atom stereocenters. The molecule has 0 saturated carbocycles. The molecule has 0 saturated heterocycles. The molecule has 0 bridgehead atoms. The van der Waals surface area contributed by atoms with Crippen LogP contribution < -0.4 is 5.32 Å². The number of hydrogen-bond acceptors (Lipinski definition) is 4. The van der Waals surface area contributed by atoms with E-state index in [4.69, 9.17) is 4.52 Å². The molecule has 1 amide bonds. The van der Waals surface area contributed by atoms with E-state index in [1.165, 1.54) is 29.1 Å². The van der Waals surface area contributed by atoms with Gasteiger partial charge in [0.25, 0.3) is 5.91 Å². The number of carbonyl (C=O) groups excluding carboxylic acids is 1. The minimum absolute atomic E-state index is 0.302. The predicted molar refractivity (Wildman–Crippen MR) is 81.6 cm³/mol. The van der Waals surface area contributed by atoms with Gasteiger partial charge in [0, 0.05) is 21.7 Å². The van der Waals surface area contributed by atoms with Crippen LogP contribution in [-0.4, -0.2) is 11.1 Å². The van der Waals surface area contributed by atoms with E-state index in [9.17, 15) is 9.18 Å². The number of rotatable bonds is 2. The zero-order chi connectivity index (χ0) is 15.1. The van der Waals surface area contributed by atoms with Crippen LogP contribution in [0.2, 0.25) is 0 Å². The maximum atomic E-state index is 12.9. The predicted octanol–water partition coefficient (Wildman–Crippen LogP) is 3.89. The zero-order valence-electron chi connectivity index (χ0n) is 11.4. The van der Waals surface area contributed by atoms with E-state index in [0.29, 0.717) is 17.1 Å². The lowest BCUT2D eigenvalue weighted by atomic mass is 9.95. The van der Waals surface area contributed by atoms with Gasteiger partial charge >= 0.3 is 0 Å². The summed E-state index contributed by atoms with van der Waals surface area (Å²) in [6.07, 6.45) is 1.62. The molecule has 6 heteroatoms. The van der Waals surface area contributed by atoms with E-state index in [-0.39, 0.29) is 11.7 Å². The van der Waals surface area contributed by atoms with Gasteiger partial charge in [-0.15, -0.1) is 11.3 Å². The molecule has 2 heterocycles. The van der Waals surface area contributed by atoms with Crippen LogP contribution in [0.15, 0.2) is 40.2 Å². The molecule has 0 fully saturated rings. The molecule has 0 spiro atoms. The summed E-state index contributed by atoms with van der Waals surface area (Å²) < 4.78 is 18.3. The molecule has 110 valence electrons. The van der Waals surface area contributed by atoms with Crippen LogP contribution in [0.4, 0.5) is 10.1 Å². The number of carbonyl (C=O) groups is 1. The average molecular weight is 314 g/mol. The maximum absolute atomic E-state index is 12.9. The van der Waals surface area contributed by atoms with Crippen molar-refractivity contribution in [1.82, 2.24) is 5.16 Å². The van der Waals surface area contributed by atoms with E-state index in [0.717, 1.165) is 24.0 Å². The normalized spacial score (nSPS) is 12.6. The minimum Gasteiger partial charge on any atom is -0.355 e. The molecule has 1 aliphatic carbocycles. The van der Waals surface area contributed by atoms with Crippen LogP contribution in [-0.2, 0) is 12.8 Å². The largest absolute Gasteiger partial charge is 0.355 e. The Morgan fingerprint density at radius 1 is 1.23 bits per heavy atom. The number of benzene rings is 1. The fraction of sp³-hybridized carbons (Fsp3) is 0.125. The fourth-order valence-electron chi connectivity index (χ4n) is 2.63. The Labute approximate surface area is 129 Å². The van der Waals surface area contributed by atoms with Crippen molar-refractivity contribution in [2.24, 2.45) is 0 Å². The summed E-state index contributed by atoms with van der Waals surface area (Å²) in [7, 11) is 0. The van der Waals surface area contributed by atoms with Gasteiger partial charge in [0.15, 0.2) is 11.5 Å². The Kier molecular flexibility index (Phi) is 3.04. The molecular weight excluding hydrogens is 303 g/mol. The standard InChI is InChI=1S/C16H11FN2O2S/c17-9-1-3-10(4-2-9)18-16(20)14-12-5-6-13-11(7-8-22-13)15(12)21-19-14/h1-4,7-8H,5-6H2,(H,18,20). The van der Waals surface area contributed by atoms with E-state index in [1.807, 2.05) is 11.4 Å². The number of aryl methyl sites for hydroxylation is 1. The number of anilines is 1. The molecule has 0 radical (unpaired) electrons. The lowest BCUT2D eigenvalue weighted by Crippen LogP contribution is -2.15. The number of nitrogens with one attached hydrogen (secondary N) is 1. The van der Waals surface area contributed by atoms with E-state index >= 15 is 0 Å². The zero-order valence-corrected chi connectivity index (χ0v) is 12.2.